The second-order valence-electron chi connectivity index (χ2n) is 12.8. The molecule has 2 heterocycles. The van der Waals surface area contributed by atoms with Gasteiger partial charge in [0, 0.05) is 24.3 Å². The number of carboxylic acids is 1. The van der Waals surface area contributed by atoms with E-state index >= 15 is 8.78 Å². The maximum Gasteiger partial charge on any atom is 0.408 e. The summed E-state index contributed by atoms with van der Waals surface area (Å²) in [4.78, 5) is 49.2. The molecule has 2 fully saturated rings. The minimum absolute atomic E-state index is 0.174. The number of carbonyl (C=O) groups is 3. The molecule has 2 N–H and O–H groups in total. The highest BCUT2D eigenvalue weighted by molar-refractivity contribution is 5.90. The molecule has 46 heavy (non-hydrogen) atoms. The fourth-order valence-electron chi connectivity index (χ4n) is 5.85. The second kappa shape index (κ2) is 13.6. The smallest absolute Gasteiger partial charge is 0.408 e. The lowest BCUT2D eigenvalue weighted by atomic mass is 9.85. The van der Waals surface area contributed by atoms with E-state index in [-0.39, 0.29) is 36.0 Å². The summed E-state index contributed by atoms with van der Waals surface area (Å²) >= 11 is 0. The maximum absolute atomic E-state index is 15.4. The summed E-state index contributed by atoms with van der Waals surface area (Å²) in [6.45, 7) is 13.8. The van der Waals surface area contributed by atoms with E-state index in [2.05, 4.69) is 28.4 Å². The fourth-order valence-corrected chi connectivity index (χ4v) is 5.85. The number of ether oxygens (including phenoxy) is 3. The highest BCUT2D eigenvalue weighted by Gasteiger charge is 2.52. The second-order valence-corrected chi connectivity index (χ2v) is 12.8. The van der Waals surface area contributed by atoms with Crippen molar-refractivity contribution in [2.75, 3.05) is 13.7 Å². The molecule has 1 saturated carbocycles. The zero-order valence-corrected chi connectivity index (χ0v) is 26.8. The first-order valence-electron chi connectivity index (χ1n) is 15.3. The number of alkyl halides is 2. The van der Waals surface area contributed by atoms with Gasteiger partial charge in [0.1, 0.15) is 30.0 Å². The molecule has 2 amide bonds. The standard InChI is InChI=1S/C33H42F2N4O7/c1-8-11-18-15-23(18)46-31(43)38-27(32(4,5)6)29(40)39-17-24(20(10-3)25(39)30(41)42)45-28-26(33(34,35)14-9-2)36-21-13-12-19(44-7)16-22(21)37-28/h8-9,12-13,16,18,20,23-25,27H,1-2,10-11,14-15,17H2,3-7H3,(H,38,43)(H,41,42)/t18-,20-,23-,24+,25+,27?/m1/s1. The topological polar surface area (TPSA) is 140 Å². The molecule has 0 spiro atoms. The number of aliphatic carboxylic acids is 1. The van der Waals surface area contributed by atoms with Crippen LogP contribution >= 0.6 is 0 Å². The van der Waals surface area contributed by atoms with Gasteiger partial charge in [0.15, 0.2) is 5.69 Å². The minimum Gasteiger partial charge on any atom is -0.497 e. The van der Waals surface area contributed by atoms with Gasteiger partial charge in [-0.3, -0.25) is 4.79 Å². The van der Waals surface area contributed by atoms with Crippen molar-refractivity contribution >= 4 is 29.0 Å². The van der Waals surface area contributed by atoms with Gasteiger partial charge in [-0.05, 0) is 36.8 Å². The van der Waals surface area contributed by atoms with E-state index in [4.69, 9.17) is 14.2 Å². The molecule has 13 heteroatoms. The van der Waals surface area contributed by atoms with Crippen LogP contribution in [0.4, 0.5) is 13.6 Å². The van der Waals surface area contributed by atoms with Crippen molar-refractivity contribution in [1.29, 1.82) is 0 Å². The lowest BCUT2D eigenvalue weighted by Crippen LogP contribution is -2.57. The largest absolute Gasteiger partial charge is 0.497 e. The molecule has 11 nitrogen and oxygen atoms in total. The normalized spacial score (nSPS) is 23.4. The number of benzene rings is 1. The summed E-state index contributed by atoms with van der Waals surface area (Å²) < 4.78 is 47.6. The van der Waals surface area contributed by atoms with Crippen molar-refractivity contribution < 1.29 is 42.5 Å². The molecule has 1 aromatic heterocycles. The van der Waals surface area contributed by atoms with Gasteiger partial charge in [0.05, 0.1) is 24.7 Å². The molecular weight excluding hydrogens is 602 g/mol. The Labute approximate surface area is 267 Å². The van der Waals surface area contributed by atoms with Crippen LogP contribution in [0.1, 0.15) is 59.1 Å². The highest BCUT2D eigenvalue weighted by Crippen LogP contribution is 2.40. The molecule has 0 bridgehead atoms. The van der Waals surface area contributed by atoms with E-state index in [1.54, 1.807) is 39.8 Å². The van der Waals surface area contributed by atoms with Crippen LogP contribution in [0.15, 0.2) is 43.5 Å². The molecule has 1 saturated heterocycles. The number of alkyl carbamates (subject to hydrolysis) is 1. The number of fused-ring (bicyclic) bond motifs is 1. The van der Waals surface area contributed by atoms with Gasteiger partial charge < -0.3 is 29.5 Å². The number of hydrogen-bond acceptors (Lipinski definition) is 8. The van der Waals surface area contributed by atoms with Crippen molar-refractivity contribution in [2.24, 2.45) is 17.3 Å². The Morgan fingerprint density at radius 1 is 1.15 bits per heavy atom. The average Bonchev–Trinajstić information content (AvgIpc) is 3.59. The number of aromatic nitrogens is 2. The number of methoxy groups -OCH3 is 1. The van der Waals surface area contributed by atoms with Crippen molar-refractivity contribution in [2.45, 2.75) is 83.6 Å². The van der Waals surface area contributed by atoms with Crippen LogP contribution in [-0.2, 0) is 20.2 Å². The molecule has 0 radical (unpaired) electrons. The lowest BCUT2D eigenvalue weighted by Gasteiger charge is -2.34. The van der Waals surface area contributed by atoms with Gasteiger partial charge in [-0.15, -0.1) is 13.2 Å². The van der Waals surface area contributed by atoms with Crippen LogP contribution in [-0.4, -0.2) is 75.9 Å². The first-order valence-corrected chi connectivity index (χ1v) is 15.3. The first kappa shape index (κ1) is 34.6. The molecular formula is C33H42F2N4O7. The van der Waals surface area contributed by atoms with Gasteiger partial charge in [-0.25, -0.2) is 19.6 Å². The number of likely N-dealkylation sites (tertiary alicyclic amines) is 1. The molecule has 2 aliphatic rings. The number of carbonyl (C=O) groups excluding carboxylic acids is 2. The summed E-state index contributed by atoms with van der Waals surface area (Å²) in [7, 11) is 1.45. The van der Waals surface area contributed by atoms with Crippen LogP contribution in [0.3, 0.4) is 0 Å². The number of allylic oxidation sites excluding steroid dienone is 2. The molecule has 1 aliphatic heterocycles. The molecule has 250 valence electrons. The predicted molar refractivity (Wildman–Crippen MR) is 166 cm³/mol. The van der Waals surface area contributed by atoms with Crippen LogP contribution in [0.2, 0.25) is 0 Å². The number of hydrogen-bond donors (Lipinski definition) is 2. The third-order valence-electron chi connectivity index (χ3n) is 8.41. The number of halogens is 2. The minimum atomic E-state index is -3.51. The van der Waals surface area contributed by atoms with Crippen LogP contribution < -0.4 is 14.8 Å². The predicted octanol–water partition coefficient (Wildman–Crippen LogP) is 5.48. The van der Waals surface area contributed by atoms with Gasteiger partial charge in [0.25, 0.3) is 5.92 Å². The summed E-state index contributed by atoms with van der Waals surface area (Å²) in [6.07, 6.45) is 1.58. The number of amides is 2. The van der Waals surface area contributed by atoms with Crippen molar-refractivity contribution in [3.63, 3.8) is 0 Å². The Hall–Kier alpha value is -4.29. The Morgan fingerprint density at radius 2 is 1.87 bits per heavy atom. The van der Waals surface area contributed by atoms with E-state index in [0.717, 1.165) is 11.0 Å². The zero-order valence-electron chi connectivity index (χ0n) is 26.8. The van der Waals surface area contributed by atoms with Gasteiger partial charge in [-0.1, -0.05) is 39.8 Å². The fraction of sp³-hybridized carbons (Fsp3) is 0.545. The third-order valence-corrected chi connectivity index (χ3v) is 8.41. The molecule has 1 unspecified atom stereocenters. The number of rotatable bonds is 13. The van der Waals surface area contributed by atoms with Crippen LogP contribution in [0, 0.1) is 17.3 Å². The summed E-state index contributed by atoms with van der Waals surface area (Å²) in [5, 5.41) is 12.9. The Morgan fingerprint density at radius 3 is 2.46 bits per heavy atom. The van der Waals surface area contributed by atoms with E-state index in [1.807, 2.05) is 0 Å². The first-order chi connectivity index (χ1) is 21.6. The number of carboxylic acid groups (broad SMARTS) is 1. The third kappa shape index (κ3) is 7.39. The Kier molecular flexibility index (Phi) is 10.2. The molecule has 4 rings (SSSR count). The molecule has 2 aromatic rings. The molecule has 1 aliphatic carbocycles. The monoisotopic (exact) mass is 644 g/mol. The van der Waals surface area contributed by atoms with Crippen molar-refractivity contribution in [3.05, 3.63) is 49.2 Å². The summed E-state index contributed by atoms with van der Waals surface area (Å²) in [5.74, 6) is -6.15. The number of nitrogens with zero attached hydrogens (tertiary/aromatic N) is 3. The maximum atomic E-state index is 15.4. The Balaban J connectivity index is 1.67. The summed E-state index contributed by atoms with van der Waals surface area (Å²) in [5.41, 5.74) is -1.17. The zero-order chi connectivity index (χ0) is 34.0. The summed E-state index contributed by atoms with van der Waals surface area (Å²) in [6, 6.07) is 2.06. The van der Waals surface area contributed by atoms with Gasteiger partial charge >= 0.3 is 12.1 Å². The Bertz CT molecular complexity index is 1490. The van der Waals surface area contributed by atoms with E-state index in [9.17, 15) is 19.5 Å². The molecule has 1 aromatic carbocycles. The van der Waals surface area contributed by atoms with Crippen molar-refractivity contribution in [3.8, 4) is 11.6 Å². The SMILES string of the molecule is C=CC[C@@H]1C[C@H]1OC(=O)NC(C(=O)N1C[C@H](Oc2nc3cc(OC)ccc3nc2C(F)(F)CC=C)[C@@H](CC)[C@H]1C(=O)O)C(C)(C)C. The van der Waals surface area contributed by atoms with E-state index < -0.39 is 71.4 Å². The highest BCUT2D eigenvalue weighted by atomic mass is 19.3. The lowest BCUT2D eigenvalue weighted by molar-refractivity contribution is -0.151. The van der Waals surface area contributed by atoms with Crippen LogP contribution in [0.25, 0.3) is 11.0 Å². The van der Waals surface area contributed by atoms with E-state index in [1.165, 1.54) is 19.2 Å². The van der Waals surface area contributed by atoms with Crippen molar-refractivity contribution in [1.82, 2.24) is 20.2 Å². The van der Waals surface area contributed by atoms with E-state index in [0.29, 0.717) is 18.6 Å². The van der Waals surface area contributed by atoms with Gasteiger partial charge in [0.2, 0.25) is 11.8 Å². The average molecular weight is 645 g/mol. The quantitative estimate of drug-likeness (QED) is 0.271. The number of nitrogens with one attached hydrogen (secondary N) is 1. The molecule has 6 atom stereocenters. The van der Waals surface area contributed by atoms with Crippen LogP contribution in [0.5, 0.6) is 11.6 Å². The van der Waals surface area contributed by atoms with Gasteiger partial charge in [-0.2, -0.15) is 8.78 Å².